The predicted molar refractivity (Wildman–Crippen MR) is 86.5 cm³/mol. The van der Waals surface area contributed by atoms with E-state index in [0.717, 1.165) is 5.56 Å². The number of hydrogen-bond acceptors (Lipinski definition) is 5. The number of rotatable bonds is 6. The SMILES string of the molecule is CC(C)(C)OC(=O)[C@H](N)CCC(=O)OCc1ccccc1.Cl. The molecule has 2 N–H and O–H groups in total. The first kappa shape index (κ1) is 20.4. The van der Waals surface area contributed by atoms with Crippen LogP contribution in [0.2, 0.25) is 0 Å². The quantitative estimate of drug-likeness (QED) is 0.811. The van der Waals surface area contributed by atoms with Crippen LogP contribution in [0.1, 0.15) is 39.2 Å². The van der Waals surface area contributed by atoms with Gasteiger partial charge in [-0.1, -0.05) is 30.3 Å². The molecule has 0 aromatic heterocycles. The molecule has 0 saturated heterocycles. The summed E-state index contributed by atoms with van der Waals surface area (Å²) in [5.41, 5.74) is 6.04. The minimum Gasteiger partial charge on any atom is -0.461 e. The van der Waals surface area contributed by atoms with Crippen LogP contribution in [0.25, 0.3) is 0 Å². The molecule has 1 aromatic rings. The van der Waals surface area contributed by atoms with Crippen molar-refractivity contribution in [1.82, 2.24) is 0 Å². The molecule has 0 fully saturated rings. The van der Waals surface area contributed by atoms with E-state index in [-0.39, 0.29) is 37.8 Å². The summed E-state index contributed by atoms with van der Waals surface area (Å²) in [5.74, 6) is -0.878. The lowest BCUT2D eigenvalue weighted by Gasteiger charge is -2.22. The Hall–Kier alpha value is -1.59. The van der Waals surface area contributed by atoms with Crippen LogP contribution in [0, 0.1) is 0 Å². The molecule has 1 atom stereocenters. The Kier molecular flexibility index (Phi) is 8.75. The van der Waals surface area contributed by atoms with E-state index in [1.807, 2.05) is 30.3 Å². The summed E-state index contributed by atoms with van der Waals surface area (Å²) in [4.78, 5) is 23.2. The number of halogens is 1. The van der Waals surface area contributed by atoms with Gasteiger partial charge in [0, 0.05) is 6.42 Å². The normalized spacial score (nSPS) is 12.0. The highest BCUT2D eigenvalue weighted by atomic mass is 35.5. The van der Waals surface area contributed by atoms with Crippen molar-refractivity contribution in [2.24, 2.45) is 5.73 Å². The van der Waals surface area contributed by atoms with Gasteiger partial charge in [0.2, 0.25) is 0 Å². The molecule has 0 aliphatic heterocycles. The largest absolute Gasteiger partial charge is 0.461 e. The van der Waals surface area contributed by atoms with Gasteiger partial charge in [-0.3, -0.25) is 9.59 Å². The molecule has 6 heteroatoms. The first-order valence-electron chi connectivity index (χ1n) is 6.96. The minimum atomic E-state index is -0.812. The molecular formula is C16H24ClNO4. The number of carbonyl (C=O) groups is 2. The Morgan fingerprint density at radius 2 is 1.77 bits per heavy atom. The molecule has 0 aliphatic rings. The maximum Gasteiger partial charge on any atom is 0.323 e. The Morgan fingerprint density at radius 1 is 1.18 bits per heavy atom. The van der Waals surface area contributed by atoms with Gasteiger partial charge < -0.3 is 15.2 Å². The van der Waals surface area contributed by atoms with E-state index >= 15 is 0 Å². The summed E-state index contributed by atoms with van der Waals surface area (Å²) in [6.45, 7) is 5.53. The number of nitrogens with two attached hydrogens (primary N) is 1. The molecule has 124 valence electrons. The third kappa shape index (κ3) is 8.64. The summed E-state index contributed by atoms with van der Waals surface area (Å²) in [6, 6.07) is 8.59. The second kappa shape index (κ2) is 9.43. The minimum absolute atomic E-state index is 0. The fourth-order valence-corrected chi connectivity index (χ4v) is 1.58. The molecule has 0 aliphatic carbocycles. The zero-order valence-corrected chi connectivity index (χ0v) is 14.0. The first-order valence-corrected chi connectivity index (χ1v) is 6.96. The first-order chi connectivity index (χ1) is 9.78. The number of hydrogen-bond donors (Lipinski definition) is 1. The van der Waals surface area contributed by atoms with Crippen molar-refractivity contribution in [2.75, 3.05) is 0 Å². The summed E-state index contributed by atoms with van der Waals surface area (Å²) < 4.78 is 10.3. The van der Waals surface area contributed by atoms with Crippen molar-refractivity contribution in [2.45, 2.75) is 51.9 Å². The maximum absolute atomic E-state index is 11.7. The molecular weight excluding hydrogens is 306 g/mol. The highest BCUT2D eigenvalue weighted by Crippen LogP contribution is 2.10. The van der Waals surface area contributed by atoms with Crippen molar-refractivity contribution in [3.05, 3.63) is 35.9 Å². The van der Waals surface area contributed by atoms with Crippen LogP contribution in [0.4, 0.5) is 0 Å². The van der Waals surface area contributed by atoms with Crippen molar-refractivity contribution in [3.63, 3.8) is 0 Å². The fraction of sp³-hybridized carbons (Fsp3) is 0.500. The van der Waals surface area contributed by atoms with Crippen LogP contribution in [0.15, 0.2) is 30.3 Å². The van der Waals surface area contributed by atoms with Gasteiger partial charge in [-0.2, -0.15) is 0 Å². The molecule has 0 amide bonds. The molecule has 0 radical (unpaired) electrons. The average Bonchev–Trinajstić information content (AvgIpc) is 2.41. The number of benzene rings is 1. The second-order valence-electron chi connectivity index (χ2n) is 5.82. The number of esters is 2. The summed E-state index contributed by atoms with van der Waals surface area (Å²) in [5, 5.41) is 0. The molecule has 0 bridgehead atoms. The van der Waals surface area contributed by atoms with E-state index in [2.05, 4.69) is 0 Å². The van der Waals surface area contributed by atoms with E-state index in [4.69, 9.17) is 15.2 Å². The zero-order chi connectivity index (χ0) is 15.9. The molecule has 22 heavy (non-hydrogen) atoms. The molecule has 0 saturated carbocycles. The molecule has 1 aromatic carbocycles. The maximum atomic E-state index is 11.7. The van der Waals surface area contributed by atoms with E-state index in [9.17, 15) is 9.59 Å². The lowest BCUT2D eigenvalue weighted by molar-refractivity contribution is -0.156. The lowest BCUT2D eigenvalue weighted by Crippen LogP contribution is -2.37. The van der Waals surface area contributed by atoms with Crippen molar-refractivity contribution in [3.8, 4) is 0 Å². The molecule has 0 heterocycles. The Bertz CT molecular complexity index is 471. The second-order valence-corrected chi connectivity index (χ2v) is 5.82. The Morgan fingerprint density at radius 3 is 2.32 bits per heavy atom. The molecule has 0 spiro atoms. The van der Waals surface area contributed by atoms with Gasteiger partial charge in [0.25, 0.3) is 0 Å². The van der Waals surface area contributed by atoms with Gasteiger partial charge >= 0.3 is 11.9 Å². The van der Waals surface area contributed by atoms with Gasteiger partial charge in [0.15, 0.2) is 0 Å². The van der Waals surface area contributed by atoms with Crippen LogP contribution in [-0.2, 0) is 25.7 Å². The number of carbonyl (C=O) groups excluding carboxylic acids is 2. The zero-order valence-electron chi connectivity index (χ0n) is 13.2. The van der Waals surface area contributed by atoms with Crippen molar-refractivity contribution >= 4 is 24.3 Å². The molecule has 5 nitrogen and oxygen atoms in total. The molecule has 1 rings (SSSR count). The predicted octanol–water partition coefficient (Wildman–Crippen LogP) is 2.60. The third-order valence-corrected chi connectivity index (χ3v) is 2.61. The van der Waals surface area contributed by atoms with Gasteiger partial charge in [-0.05, 0) is 32.8 Å². The van der Waals surface area contributed by atoms with Crippen molar-refractivity contribution in [1.29, 1.82) is 0 Å². The Labute approximate surface area is 137 Å². The summed E-state index contributed by atoms with van der Waals surface area (Å²) >= 11 is 0. The molecule has 0 unspecified atom stereocenters. The van der Waals surface area contributed by atoms with Gasteiger partial charge in [-0.15, -0.1) is 12.4 Å². The van der Waals surface area contributed by atoms with Gasteiger partial charge in [-0.25, -0.2) is 0 Å². The summed E-state index contributed by atoms with van der Waals surface area (Å²) in [6.07, 6.45) is 0.301. The Balaban J connectivity index is 0.00000441. The topological polar surface area (TPSA) is 78.6 Å². The number of ether oxygens (including phenoxy) is 2. The fourth-order valence-electron chi connectivity index (χ4n) is 1.58. The van der Waals surface area contributed by atoms with E-state index < -0.39 is 17.6 Å². The van der Waals surface area contributed by atoms with Crippen LogP contribution < -0.4 is 5.73 Å². The van der Waals surface area contributed by atoms with E-state index in [1.54, 1.807) is 20.8 Å². The third-order valence-electron chi connectivity index (χ3n) is 2.61. The average molecular weight is 330 g/mol. The van der Waals surface area contributed by atoms with Gasteiger partial charge in [0.1, 0.15) is 18.2 Å². The van der Waals surface area contributed by atoms with E-state index in [1.165, 1.54) is 0 Å². The van der Waals surface area contributed by atoms with Crippen LogP contribution in [-0.4, -0.2) is 23.6 Å². The standard InChI is InChI=1S/C16H23NO4.ClH/c1-16(2,3)21-15(19)13(17)9-10-14(18)20-11-12-7-5-4-6-8-12;/h4-8,13H,9-11,17H2,1-3H3;1H/t13-;/m1./s1. The van der Waals surface area contributed by atoms with E-state index in [0.29, 0.717) is 0 Å². The monoisotopic (exact) mass is 329 g/mol. The summed E-state index contributed by atoms with van der Waals surface area (Å²) in [7, 11) is 0. The van der Waals surface area contributed by atoms with Crippen LogP contribution in [0.3, 0.4) is 0 Å². The van der Waals surface area contributed by atoms with Crippen LogP contribution in [0.5, 0.6) is 0 Å². The smallest absolute Gasteiger partial charge is 0.323 e. The van der Waals surface area contributed by atoms with Crippen LogP contribution >= 0.6 is 12.4 Å². The highest BCUT2D eigenvalue weighted by molar-refractivity contribution is 5.85. The highest BCUT2D eigenvalue weighted by Gasteiger charge is 2.22. The lowest BCUT2D eigenvalue weighted by atomic mass is 10.1. The van der Waals surface area contributed by atoms with Crippen molar-refractivity contribution < 1.29 is 19.1 Å². The van der Waals surface area contributed by atoms with Gasteiger partial charge in [0.05, 0.1) is 0 Å².